The molecule has 8 nitrogen and oxygen atoms in total. The zero-order valence-electron chi connectivity index (χ0n) is 18.3. The summed E-state index contributed by atoms with van der Waals surface area (Å²) in [5.41, 5.74) is 0.689. The number of benzene rings is 1. The highest BCUT2D eigenvalue weighted by Gasteiger charge is 2.26. The standard InChI is InChI=1S/C24H27N3O5S/c25-17-19(24(28)26-20-4-2-1-3-5-20)16-21-8-11-23(32-21)18-6-9-22(10-7-18)33(29,30)27-12-14-31-15-13-27/h6-11,16,20H,1-5,12-15H2,(H,26,28)/b19-16-. The van der Waals surface area contributed by atoms with Crippen molar-refractivity contribution in [3.63, 3.8) is 0 Å². The van der Waals surface area contributed by atoms with Gasteiger partial charge in [-0.3, -0.25) is 4.79 Å². The van der Waals surface area contributed by atoms with Crippen molar-refractivity contribution >= 4 is 22.0 Å². The average Bonchev–Trinajstić information content (AvgIpc) is 3.32. The van der Waals surface area contributed by atoms with Gasteiger partial charge in [0.1, 0.15) is 23.2 Å². The van der Waals surface area contributed by atoms with E-state index in [1.807, 2.05) is 6.07 Å². The van der Waals surface area contributed by atoms with E-state index in [4.69, 9.17) is 9.15 Å². The number of carbonyl (C=O) groups is 1. The Labute approximate surface area is 193 Å². The Morgan fingerprint density at radius 1 is 1.06 bits per heavy atom. The number of carbonyl (C=O) groups excluding carboxylic acids is 1. The summed E-state index contributed by atoms with van der Waals surface area (Å²) in [7, 11) is -3.56. The Morgan fingerprint density at radius 2 is 1.76 bits per heavy atom. The van der Waals surface area contributed by atoms with Crippen molar-refractivity contribution in [3.05, 3.63) is 47.7 Å². The topological polar surface area (TPSA) is 113 Å². The lowest BCUT2D eigenvalue weighted by Gasteiger charge is -2.26. The Bertz CT molecular complexity index is 1150. The van der Waals surface area contributed by atoms with Crippen LogP contribution in [0.1, 0.15) is 37.9 Å². The Kier molecular flexibility index (Phi) is 7.28. The molecule has 0 unspecified atom stereocenters. The van der Waals surface area contributed by atoms with Crippen LogP contribution in [0.2, 0.25) is 0 Å². The number of hydrogen-bond acceptors (Lipinski definition) is 6. The fourth-order valence-electron chi connectivity index (χ4n) is 4.11. The zero-order chi connectivity index (χ0) is 23.3. The van der Waals surface area contributed by atoms with Crippen LogP contribution in [-0.2, 0) is 19.6 Å². The molecule has 1 aromatic carbocycles. The molecule has 1 saturated heterocycles. The van der Waals surface area contributed by atoms with Crippen LogP contribution >= 0.6 is 0 Å². The molecule has 1 aromatic heterocycles. The van der Waals surface area contributed by atoms with Gasteiger partial charge in [-0.1, -0.05) is 19.3 Å². The fourth-order valence-corrected chi connectivity index (χ4v) is 5.52. The van der Waals surface area contributed by atoms with Gasteiger partial charge in [0.2, 0.25) is 10.0 Å². The van der Waals surface area contributed by atoms with E-state index in [0.29, 0.717) is 43.4 Å². The normalized spacial score (nSPS) is 18.6. The van der Waals surface area contributed by atoms with Crippen molar-refractivity contribution in [1.29, 1.82) is 5.26 Å². The van der Waals surface area contributed by atoms with Gasteiger partial charge in [0.05, 0.1) is 18.1 Å². The molecule has 0 spiro atoms. The molecule has 1 aliphatic heterocycles. The number of furan rings is 1. The SMILES string of the molecule is N#C/C(=C/c1ccc(-c2ccc(S(=O)(=O)N3CCOCC3)cc2)o1)C(=O)NC1CCCCC1. The molecular weight excluding hydrogens is 442 g/mol. The van der Waals surface area contributed by atoms with Gasteiger partial charge in [-0.05, 0) is 49.2 Å². The lowest BCUT2D eigenvalue weighted by atomic mass is 9.95. The van der Waals surface area contributed by atoms with Gasteiger partial charge in [-0.25, -0.2) is 8.42 Å². The molecule has 2 aromatic rings. The number of nitrogens with one attached hydrogen (secondary N) is 1. The number of rotatable bonds is 6. The number of amides is 1. The van der Waals surface area contributed by atoms with Crippen LogP contribution in [0.15, 0.2) is 51.3 Å². The Balaban J connectivity index is 1.46. The quantitative estimate of drug-likeness (QED) is 0.513. The second-order valence-electron chi connectivity index (χ2n) is 8.22. The summed E-state index contributed by atoms with van der Waals surface area (Å²) in [5, 5.41) is 12.4. The van der Waals surface area contributed by atoms with Gasteiger partial charge in [-0.15, -0.1) is 0 Å². The molecule has 1 aliphatic carbocycles. The van der Waals surface area contributed by atoms with E-state index >= 15 is 0 Å². The van der Waals surface area contributed by atoms with Crippen molar-refractivity contribution in [2.45, 2.75) is 43.0 Å². The van der Waals surface area contributed by atoms with Gasteiger partial charge in [0.25, 0.3) is 5.91 Å². The highest BCUT2D eigenvalue weighted by molar-refractivity contribution is 7.89. The van der Waals surface area contributed by atoms with Gasteiger partial charge >= 0.3 is 0 Å². The first-order valence-electron chi connectivity index (χ1n) is 11.2. The summed E-state index contributed by atoms with van der Waals surface area (Å²) >= 11 is 0. The van der Waals surface area contributed by atoms with Crippen LogP contribution in [0.3, 0.4) is 0 Å². The van der Waals surface area contributed by atoms with Crippen LogP contribution in [0.25, 0.3) is 17.4 Å². The van der Waals surface area contributed by atoms with Crippen LogP contribution in [0, 0.1) is 11.3 Å². The first-order valence-corrected chi connectivity index (χ1v) is 12.6. The first kappa shape index (κ1) is 23.2. The number of hydrogen-bond donors (Lipinski definition) is 1. The van der Waals surface area contributed by atoms with E-state index in [1.165, 1.54) is 16.8 Å². The maximum absolute atomic E-state index is 12.8. The maximum Gasteiger partial charge on any atom is 0.262 e. The van der Waals surface area contributed by atoms with E-state index in [2.05, 4.69) is 5.32 Å². The minimum absolute atomic E-state index is 0.00609. The molecule has 2 fully saturated rings. The zero-order valence-corrected chi connectivity index (χ0v) is 19.1. The maximum atomic E-state index is 12.8. The van der Waals surface area contributed by atoms with E-state index in [0.717, 1.165) is 25.7 Å². The molecule has 174 valence electrons. The molecular formula is C24H27N3O5S. The van der Waals surface area contributed by atoms with Crippen molar-refractivity contribution < 1.29 is 22.4 Å². The average molecular weight is 470 g/mol. The third-order valence-electron chi connectivity index (χ3n) is 5.97. The summed E-state index contributed by atoms with van der Waals surface area (Å²) in [5.74, 6) is 0.506. The molecule has 1 N–H and O–H groups in total. The first-order chi connectivity index (χ1) is 16.0. The van der Waals surface area contributed by atoms with Gasteiger partial charge in [0, 0.05) is 30.8 Å². The molecule has 33 heavy (non-hydrogen) atoms. The van der Waals surface area contributed by atoms with E-state index in [1.54, 1.807) is 36.4 Å². The number of morpholine rings is 1. The summed E-state index contributed by atoms with van der Waals surface area (Å²) in [4.78, 5) is 12.7. The number of ether oxygens (including phenoxy) is 1. The molecule has 9 heteroatoms. The number of nitriles is 1. The molecule has 1 saturated carbocycles. The van der Waals surface area contributed by atoms with Crippen LogP contribution in [-0.4, -0.2) is 51.0 Å². The highest BCUT2D eigenvalue weighted by Crippen LogP contribution is 2.26. The minimum atomic E-state index is -3.56. The van der Waals surface area contributed by atoms with Crippen molar-refractivity contribution in [3.8, 4) is 17.4 Å². The Morgan fingerprint density at radius 3 is 2.42 bits per heavy atom. The molecule has 2 aliphatic rings. The van der Waals surface area contributed by atoms with Crippen LogP contribution < -0.4 is 5.32 Å². The molecule has 1 amide bonds. The highest BCUT2D eigenvalue weighted by atomic mass is 32.2. The summed E-state index contributed by atoms with van der Waals surface area (Å²) in [6, 6.07) is 11.9. The van der Waals surface area contributed by atoms with E-state index < -0.39 is 10.0 Å². The van der Waals surface area contributed by atoms with Crippen LogP contribution in [0.5, 0.6) is 0 Å². The fraction of sp³-hybridized carbons (Fsp3) is 0.417. The van der Waals surface area contributed by atoms with E-state index in [-0.39, 0.29) is 22.4 Å². The number of nitrogens with zero attached hydrogens (tertiary/aromatic N) is 2. The van der Waals surface area contributed by atoms with Crippen molar-refractivity contribution in [2.24, 2.45) is 0 Å². The Hall–Kier alpha value is -2.93. The van der Waals surface area contributed by atoms with Gasteiger partial charge in [-0.2, -0.15) is 9.57 Å². The summed E-state index contributed by atoms with van der Waals surface area (Å²) in [6.07, 6.45) is 6.66. The predicted octanol–water partition coefficient (Wildman–Crippen LogP) is 3.32. The van der Waals surface area contributed by atoms with Crippen molar-refractivity contribution in [2.75, 3.05) is 26.3 Å². The third-order valence-corrected chi connectivity index (χ3v) is 7.88. The van der Waals surface area contributed by atoms with Gasteiger partial charge in [0.15, 0.2) is 0 Å². The molecule has 4 rings (SSSR count). The second-order valence-corrected chi connectivity index (χ2v) is 10.2. The summed E-state index contributed by atoms with van der Waals surface area (Å²) in [6.45, 7) is 1.47. The smallest absolute Gasteiger partial charge is 0.262 e. The van der Waals surface area contributed by atoms with Gasteiger partial charge < -0.3 is 14.5 Å². The second kappa shape index (κ2) is 10.3. The minimum Gasteiger partial charge on any atom is -0.457 e. The monoisotopic (exact) mass is 469 g/mol. The lowest BCUT2D eigenvalue weighted by Crippen LogP contribution is -2.40. The lowest BCUT2D eigenvalue weighted by molar-refractivity contribution is -0.117. The third kappa shape index (κ3) is 5.53. The molecule has 0 atom stereocenters. The van der Waals surface area contributed by atoms with Crippen molar-refractivity contribution in [1.82, 2.24) is 9.62 Å². The number of sulfonamides is 1. The molecule has 2 heterocycles. The molecule has 0 bridgehead atoms. The van der Waals surface area contributed by atoms with Crippen LogP contribution in [0.4, 0.5) is 0 Å². The molecule has 0 radical (unpaired) electrons. The van der Waals surface area contributed by atoms with E-state index in [9.17, 15) is 18.5 Å². The largest absolute Gasteiger partial charge is 0.457 e. The predicted molar refractivity (Wildman–Crippen MR) is 122 cm³/mol. The summed E-state index contributed by atoms with van der Waals surface area (Å²) < 4.78 is 38.0.